The summed E-state index contributed by atoms with van der Waals surface area (Å²) in [5, 5.41) is 6.58. The van der Waals surface area contributed by atoms with Crippen molar-refractivity contribution < 1.29 is 0 Å². The van der Waals surface area contributed by atoms with Gasteiger partial charge in [0.15, 0.2) is 0 Å². The van der Waals surface area contributed by atoms with E-state index < -0.39 is 0 Å². The summed E-state index contributed by atoms with van der Waals surface area (Å²) in [6.45, 7) is 4.13. The highest BCUT2D eigenvalue weighted by atomic mass is 14.9. The number of fused-ring (bicyclic) bond motifs is 2. The van der Waals surface area contributed by atoms with E-state index in [1.54, 1.807) is 0 Å². The summed E-state index contributed by atoms with van der Waals surface area (Å²) in [6, 6.07) is 6.27. The number of nitrogens with one attached hydrogen (secondary N) is 2. The van der Waals surface area contributed by atoms with Crippen LogP contribution in [0.15, 0.2) is 36.8 Å². The van der Waals surface area contributed by atoms with Gasteiger partial charge >= 0.3 is 0 Å². The molecule has 104 valence electrons. The van der Waals surface area contributed by atoms with Crippen molar-refractivity contribution >= 4 is 0 Å². The average molecular weight is 268 g/mol. The Hall–Kier alpha value is -1.78. The highest BCUT2D eigenvalue weighted by Crippen LogP contribution is 2.10. The fourth-order valence-corrected chi connectivity index (χ4v) is 2.59. The molecule has 2 N–H and O–H groups in total. The summed E-state index contributed by atoms with van der Waals surface area (Å²) in [6.07, 6.45) is 7.94. The Morgan fingerprint density at radius 3 is 2.55 bits per heavy atom. The van der Waals surface area contributed by atoms with Gasteiger partial charge in [-0.2, -0.15) is 0 Å². The van der Waals surface area contributed by atoms with Crippen LogP contribution in [0.3, 0.4) is 0 Å². The summed E-state index contributed by atoms with van der Waals surface area (Å²) in [5.41, 5.74) is 5.43. The van der Waals surface area contributed by atoms with Crippen molar-refractivity contribution in [3.63, 3.8) is 0 Å². The monoisotopic (exact) mass is 268 g/mol. The number of aromatic nitrogens is 2. The molecule has 0 fully saturated rings. The molecule has 4 heterocycles. The molecule has 4 rings (SSSR count). The molecule has 20 heavy (non-hydrogen) atoms. The Morgan fingerprint density at radius 1 is 0.850 bits per heavy atom. The average Bonchev–Trinajstić information content (AvgIpc) is 2.56. The number of hydrogen-bond acceptors (Lipinski definition) is 4. The first kappa shape index (κ1) is 13.2. The first-order valence-electron chi connectivity index (χ1n) is 7.19. The Morgan fingerprint density at radius 2 is 1.70 bits per heavy atom. The SMILES string of the molecule is c1cc2c(cn1)CNCC2.c1cnc2c(c1)CCNC2. The minimum Gasteiger partial charge on any atom is -0.312 e. The van der Waals surface area contributed by atoms with Gasteiger partial charge in [0, 0.05) is 31.7 Å². The van der Waals surface area contributed by atoms with E-state index in [4.69, 9.17) is 0 Å². The second-order valence-corrected chi connectivity index (χ2v) is 5.11. The van der Waals surface area contributed by atoms with Gasteiger partial charge in [-0.05, 0) is 54.8 Å². The zero-order valence-electron chi connectivity index (χ0n) is 11.6. The Kier molecular flexibility index (Phi) is 4.35. The van der Waals surface area contributed by atoms with Gasteiger partial charge in [0.25, 0.3) is 0 Å². The zero-order valence-corrected chi connectivity index (χ0v) is 11.6. The quantitative estimate of drug-likeness (QED) is 0.759. The van der Waals surface area contributed by atoms with E-state index in [-0.39, 0.29) is 0 Å². The molecule has 2 aliphatic rings. The molecule has 0 amide bonds. The predicted molar refractivity (Wildman–Crippen MR) is 79.3 cm³/mol. The van der Waals surface area contributed by atoms with Crippen molar-refractivity contribution in [3.05, 3.63) is 59.2 Å². The smallest absolute Gasteiger partial charge is 0.0574 e. The van der Waals surface area contributed by atoms with Crippen LogP contribution in [-0.2, 0) is 25.9 Å². The van der Waals surface area contributed by atoms with E-state index >= 15 is 0 Å². The third kappa shape index (κ3) is 3.21. The molecule has 0 unspecified atom stereocenters. The third-order valence-corrected chi connectivity index (χ3v) is 3.74. The number of hydrogen-bond donors (Lipinski definition) is 2. The van der Waals surface area contributed by atoms with Crippen LogP contribution < -0.4 is 10.6 Å². The van der Waals surface area contributed by atoms with E-state index in [9.17, 15) is 0 Å². The van der Waals surface area contributed by atoms with Gasteiger partial charge < -0.3 is 10.6 Å². The maximum Gasteiger partial charge on any atom is 0.0574 e. The van der Waals surface area contributed by atoms with Crippen LogP contribution in [0, 0.1) is 0 Å². The molecular formula is C16H20N4. The molecule has 4 nitrogen and oxygen atoms in total. The van der Waals surface area contributed by atoms with Crippen molar-refractivity contribution in [2.75, 3.05) is 13.1 Å². The summed E-state index contributed by atoms with van der Waals surface area (Å²) in [4.78, 5) is 8.31. The molecule has 0 saturated carbocycles. The maximum absolute atomic E-state index is 4.26. The molecule has 0 aromatic carbocycles. The Labute approximate surface area is 119 Å². The Bertz CT molecular complexity index is 466. The van der Waals surface area contributed by atoms with Crippen LogP contribution in [0.4, 0.5) is 0 Å². The fourth-order valence-electron chi connectivity index (χ4n) is 2.59. The van der Waals surface area contributed by atoms with Crippen LogP contribution in [0.5, 0.6) is 0 Å². The normalized spacial score (nSPS) is 16.4. The van der Waals surface area contributed by atoms with Gasteiger partial charge in [0.1, 0.15) is 0 Å². The first-order chi connectivity index (χ1) is 9.93. The second-order valence-electron chi connectivity index (χ2n) is 5.11. The van der Waals surface area contributed by atoms with Gasteiger partial charge in [0.2, 0.25) is 0 Å². The largest absolute Gasteiger partial charge is 0.312 e. The number of rotatable bonds is 0. The first-order valence-corrected chi connectivity index (χ1v) is 7.19. The van der Waals surface area contributed by atoms with Crippen molar-refractivity contribution in [1.82, 2.24) is 20.6 Å². The lowest BCUT2D eigenvalue weighted by Crippen LogP contribution is -2.24. The highest BCUT2D eigenvalue weighted by molar-refractivity contribution is 5.25. The topological polar surface area (TPSA) is 49.8 Å². The second kappa shape index (κ2) is 6.59. The molecule has 0 saturated heterocycles. The van der Waals surface area contributed by atoms with E-state index in [2.05, 4.69) is 32.7 Å². The molecule has 0 bridgehead atoms. The van der Waals surface area contributed by atoms with Gasteiger partial charge in [-0.1, -0.05) is 6.07 Å². The number of nitrogens with zero attached hydrogens (tertiary/aromatic N) is 2. The molecule has 0 spiro atoms. The van der Waals surface area contributed by atoms with Crippen LogP contribution >= 0.6 is 0 Å². The van der Waals surface area contributed by atoms with Crippen LogP contribution in [0.2, 0.25) is 0 Å². The summed E-state index contributed by atoms with van der Waals surface area (Å²) in [5.74, 6) is 0. The summed E-state index contributed by atoms with van der Waals surface area (Å²) in [7, 11) is 0. The van der Waals surface area contributed by atoms with E-state index in [0.717, 1.165) is 39.0 Å². The number of pyridine rings is 2. The molecule has 0 aliphatic carbocycles. The van der Waals surface area contributed by atoms with Crippen molar-refractivity contribution in [1.29, 1.82) is 0 Å². The third-order valence-electron chi connectivity index (χ3n) is 3.74. The Balaban J connectivity index is 0.000000121. The maximum atomic E-state index is 4.26. The molecule has 2 aromatic rings. The molecule has 4 heteroatoms. The highest BCUT2D eigenvalue weighted by Gasteiger charge is 2.07. The molecule has 0 atom stereocenters. The van der Waals surface area contributed by atoms with Crippen LogP contribution in [0.25, 0.3) is 0 Å². The zero-order chi connectivity index (χ0) is 13.6. The lowest BCUT2D eigenvalue weighted by Gasteiger charge is -2.15. The minimum atomic E-state index is 0.941. The van der Waals surface area contributed by atoms with Crippen molar-refractivity contribution in [3.8, 4) is 0 Å². The van der Waals surface area contributed by atoms with Crippen molar-refractivity contribution in [2.24, 2.45) is 0 Å². The minimum absolute atomic E-state index is 0.941. The lowest BCUT2D eigenvalue weighted by molar-refractivity contribution is 0.627. The van der Waals surface area contributed by atoms with Gasteiger partial charge in [0.05, 0.1) is 5.69 Å². The standard InChI is InChI=1S/2C8H10N2/c1-3-9-5-8-6-10-4-2-7(1)8;1-2-7-3-5-9-6-8(7)10-4-1/h1,3,5,10H,2,4,6H2;1-2,4,9H,3,5-6H2. The molecule has 2 aliphatic heterocycles. The summed E-state index contributed by atoms with van der Waals surface area (Å²) < 4.78 is 0. The van der Waals surface area contributed by atoms with E-state index in [1.807, 2.05) is 24.7 Å². The molecule has 0 radical (unpaired) electrons. The fraction of sp³-hybridized carbons (Fsp3) is 0.375. The van der Waals surface area contributed by atoms with Gasteiger partial charge in [-0.15, -0.1) is 0 Å². The van der Waals surface area contributed by atoms with E-state index in [0.29, 0.717) is 0 Å². The van der Waals surface area contributed by atoms with Crippen LogP contribution in [-0.4, -0.2) is 23.1 Å². The molecule has 2 aromatic heterocycles. The van der Waals surface area contributed by atoms with Gasteiger partial charge in [-0.25, -0.2) is 0 Å². The van der Waals surface area contributed by atoms with E-state index in [1.165, 1.54) is 22.4 Å². The van der Waals surface area contributed by atoms with Crippen molar-refractivity contribution in [2.45, 2.75) is 25.9 Å². The predicted octanol–water partition coefficient (Wildman–Crippen LogP) is 1.45. The van der Waals surface area contributed by atoms with Gasteiger partial charge in [-0.3, -0.25) is 9.97 Å². The summed E-state index contributed by atoms with van der Waals surface area (Å²) >= 11 is 0. The van der Waals surface area contributed by atoms with Crippen LogP contribution in [0.1, 0.15) is 22.4 Å². The molecular weight excluding hydrogens is 248 g/mol. The lowest BCUT2D eigenvalue weighted by atomic mass is 10.0.